The lowest BCUT2D eigenvalue weighted by Gasteiger charge is -2.40. The van der Waals surface area contributed by atoms with E-state index in [4.69, 9.17) is 0 Å². The van der Waals surface area contributed by atoms with E-state index in [9.17, 15) is 28.2 Å². The molecule has 3 N–H and O–H groups in total. The monoisotopic (exact) mass is 567 g/mol. The quantitative estimate of drug-likeness (QED) is 0.422. The van der Waals surface area contributed by atoms with Crippen molar-refractivity contribution >= 4 is 34.1 Å². The molecule has 16 heteroatoms. The second-order valence-corrected chi connectivity index (χ2v) is 10.7. The van der Waals surface area contributed by atoms with Gasteiger partial charge in [0.1, 0.15) is 16.6 Å². The van der Waals surface area contributed by atoms with E-state index in [-0.39, 0.29) is 33.9 Å². The van der Waals surface area contributed by atoms with Crippen LogP contribution in [0.15, 0.2) is 18.7 Å². The van der Waals surface area contributed by atoms with Crippen LogP contribution in [0.2, 0.25) is 0 Å². The summed E-state index contributed by atoms with van der Waals surface area (Å²) in [7, 11) is 3.07. The van der Waals surface area contributed by atoms with Crippen LogP contribution in [0.25, 0.3) is 11.3 Å². The number of hydrogen-bond acceptors (Lipinski definition) is 11. The first-order valence-corrected chi connectivity index (χ1v) is 13.1. The zero-order valence-electron chi connectivity index (χ0n) is 21.6. The molecule has 3 aromatic heterocycles. The molecule has 2 aliphatic heterocycles. The van der Waals surface area contributed by atoms with E-state index in [1.165, 1.54) is 47.1 Å². The number of thiazole rings is 1. The number of fused-ring (bicyclic) bond motifs is 1. The maximum absolute atomic E-state index is 13.9. The van der Waals surface area contributed by atoms with Crippen LogP contribution >= 0.6 is 11.3 Å². The van der Waals surface area contributed by atoms with Crippen molar-refractivity contribution in [3.63, 3.8) is 0 Å². The summed E-state index contributed by atoms with van der Waals surface area (Å²) in [4.78, 5) is 33.6. The minimum Gasteiger partial charge on any atom is -0.372 e. The molecule has 39 heavy (non-hydrogen) atoms. The Bertz CT molecular complexity index is 1360. The number of halogens is 3. The Hall–Kier alpha value is -3.34. The van der Waals surface area contributed by atoms with Crippen molar-refractivity contribution in [3.05, 3.63) is 29.3 Å². The minimum atomic E-state index is -4.72. The number of nitrogens with one attached hydrogen (secondary N) is 1. The summed E-state index contributed by atoms with van der Waals surface area (Å²) in [6.07, 6.45) is -1.17. The number of aromatic nitrogens is 5. The summed E-state index contributed by atoms with van der Waals surface area (Å²) in [5, 5.41) is 23.1. The van der Waals surface area contributed by atoms with Crippen LogP contribution in [0.4, 0.5) is 30.1 Å². The molecule has 0 aromatic carbocycles. The number of imidazole rings is 1. The number of rotatable bonds is 5. The number of nitrogens with zero attached hydrogens (tertiary/aromatic N) is 8. The Balaban J connectivity index is 1.40. The summed E-state index contributed by atoms with van der Waals surface area (Å²) < 4.78 is 43.2. The molecule has 2 unspecified atom stereocenters. The Labute approximate surface area is 225 Å². The first kappa shape index (κ1) is 27.2. The summed E-state index contributed by atoms with van der Waals surface area (Å²) in [6.45, 7) is 4.34. The summed E-state index contributed by atoms with van der Waals surface area (Å²) >= 11 is 0.307. The molecule has 1 fully saturated rings. The highest BCUT2D eigenvalue weighted by Crippen LogP contribution is 2.43. The second-order valence-electron chi connectivity index (χ2n) is 9.67. The number of alkyl halides is 3. The first-order valence-electron chi connectivity index (χ1n) is 12.2. The number of amides is 1. The topological polar surface area (TPSA) is 136 Å². The van der Waals surface area contributed by atoms with Gasteiger partial charge in [-0.3, -0.25) is 4.79 Å². The Morgan fingerprint density at radius 1 is 1.21 bits per heavy atom. The third-order valence-corrected chi connectivity index (χ3v) is 8.14. The van der Waals surface area contributed by atoms with Crippen molar-refractivity contribution in [3.8, 4) is 11.3 Å². The highest BCUT2D eigenvalue weighted by Gasteiger charge is 2.40. The fraction of sp³-hybridized carbons (Fsp3) is 0.522. The van der Waals surface area contributed by atoms with Gasteiger partial charge < -0.3 is 29.9 Å². The molecule has 1 saturated heterocycles. The average molecular weight is 568 g/mol. The van der Waals surface area contributed by atoms with E-state index < -0.39 is 35.6 Å². The third kappa shape index (κ3) is 4.81. The number of hydrogen-bond donors (Lipinski definition) is 3. The Morgan fingerprint density at radius 3 is 2.51 bits per heavy atom. The summed E-state index contributed by atoms with van der Waals surface area (Å²) in [5.41, 5.74) is -0.0309. The molecule has 210 valence electrons. The van der Waals surface area contributed by atoms with Gasteiger partial charge in [0.15, 0.2) is 23.5 Å². The average Bonchev–Trinajstić information content (AvgIpc) is 3.64. The van der Waals surface area contributed by atoms with Gasteiger partial charge in [-0.05, 0) is 33.7 Å². The number of aliphatic hydroxyl groups excluding tert-OH is 2. The van der Waals surface area contributed by atoms with E-state index in [0.29, 0.717) is 17.3 Å². The highest BCUT2D eigenvalue weighted by atomic mass is 32.1. The predicted molar refractivity (Wildman–Crippen MR) is 137 cm³/mol. The van der Waals surface area contributed by atoms with Gasteiger partial charge in [0.2, 0.25) is 11.9 Å². The molecule has 1 amide bonds. The molecule has 0 aliphatic carbocycles. The maximum Gasteiger partial charge on any atom is 0.427 e. The van der Waals surface area contributed by atoms with Crippen LogP contribution in [0, 0.1) is 0 Å². The summed E-state index contributed by atoms with van der Waals surface area (Å²) in [5.74, 6) is 0.0578. The lowest BCUT2D eigenvalue weighted by atomic mass is 10.2. The second kappa shape index (κ2) is 10.0. The van der Waals surface area contributed by atoms with Crippen LogP contribution in [0.1, 0.15) is 49.5 Å². The van der Waals surface area contributed by atoms with Gasteiger partial charge in [0, 0.05) is 37.6 Å². The fourth-order valence-corrected chi connectivity index (χ4v) is 5.67. The van der Waals surface area contributed by atoms with Gasteiger partial charge in [-0.2, -0.15) is 13.2 Å². The van der Waals surface area contributed by atoms with Crippen molar-refractivity contribution in [2.75, 3.05) is 35.8 Å². The van der Waals surface area contributed by atoms with Crippen molar-refractivity contribution in [2.45, 2.75) is 57.5 Å². The SMILES string of the molecule is C[C@H]1CCCN1c1ncc(-c2nc(NC(=O)[C@H](C)n3cnc4c3C(O)N(C)C(O)N4C)sc2C(F)(F)F)cn1. The minimum absolute atomic E-state index is 0.0826. The molecule has 3 aromatic rings. The van der Waals surface area contributed by atoms with Gasteiger partial charge in [-0.15, -0.1) is 0 Å². The van der Waals surface area contributed by atoms with Crippen molar-refractivity contribution in [1.82, 2.24) is 29.4 Å². The van der Waals surface area contributed by atoms with E-state index in [2.05, 4.69) is 25.3 Å². The molecule has 5 rings (SSSR count). The van der Waals surface area contributed by atoms with E-state index in [0.717, 1.165) is 19.4 Å². The van der Waals surface area contributed by atoms with Crippen molar-refractivity contribution in [1.29, 1.82) is 0 Å². The predicted octanol–water partition coefficient (Wildman–Crippen LogP) is 2.65. The van der Waals surface area contributed by atoms with Gasteiger partial charge >= 0.3 is 6.18 Å². The largest absolute Gasteiger partial charge is 0.427 e. The molecule has 0 radical (unpaired) electrons. The van der Waals surface area contributed by atoms with E-state index in [1.54, 1.807) is 7.05 Å². The lowest BCUT2D eigenvalue weighted by molar-refractivity contribution is -0.134. The molecule has 4 atom stereocenters. The van der Waals surface area contributed by atoms with Crippen LogP contribution in [0.3, 0.4) is 0 Å². The van der Waals surface area contributed by atoms with Crippen molar-refractivity contribution in [2.24, 2.45) is 0 Å². The molecular formula is C23H28F3N9O3S. The smallest absolute Gasteiger partial charge is 0.372 e. The normalized spacial score (nSPS) is 22.7. The van der Waals surface area contributed by atoms with Crippen LogP contribution in [-0.2, 0) is 11.0 Å². The number of anilines is 3. The van der Waals surface area contributed by atoms with Crippen LogP contribution in [0.5, 0.6) is 0 Å². The molecule has 0 saturated carbocycles. The number of carbonyl (C=O) groups is 1. The van der Waals surface area contributed by atoms with Gasteiger partial charge in [-0.25, -0.2) is 24.8 Å². The molecule has 0 bridgehead atoms. The van der Waals surface area contributed by atoms with E-state index >= 15 is 0 Å². The highest BCUT2D eigenvalue weighted by molar-refractivity contribution is 7.16. The van der Waals surface area contributed by atoms with Gasteiger partial charge in [0.05, 0.1) is 12.0 Å². The fourth-order valence-electron chi connectivity index (χ4n) is 4.81. The zero-order valence-corrected chi connectivity index (χ0v) is 22.4. The third-order valence-electron chi connectivity index (χ3n) is 7.12. The zero-order chi connectivity index (χ0) is 28.2. The van der Waals surface area contributed by atoms with Gasteiger partial charge in [0.25, 0.3) is 0 Å². The number of carbonyl (C=O) groups excluding carboxylic acids is 1. The maximum atomic E-state index is 13.9. The Kier molecular flexibility index (Phi) is 6.98. The molecule has 0 spiro atoms. The summed E-state index contributed by atoms with van der Waals surface area (Å²) in [6, 6.07) is -0.725. The molecule has 5 heterocycles. The van der Waals surface area contributed by atoms with Crippen LogP contribution in [-0.4, -0.2) is 78.6 Å². The van der Waals surface area contributed by atoms with Crippen molar-refractivity contribution < 1.29 is 28.2 Å². The standard InChI is InChI=1S/C23H28F3N9O3S/c1-11-6-5-7-34(11)20-27-8-13(9-28-20)14-16(23(24,25)26)39-21(30-14)31-18(36)12(2)35-10-29-17-15(35)19(37)33(4)22(38)32(17)3/h8-12,19,22,37-38H,5-7H2,1-4H3,(H,30,31,36)/t11-,12-,19?,22?/m0/s1. The van der Waals surface area contributed by atoms with E-state index in [1.807, 2.05) is 11.8 Å². The van der Waals surface area contributed by atoms with Crippen LogP contribution < -0.4 is 15.1 Å². The van der Waals surface area contributed by atoms with Gasteiger partial charge in [-0.1, -0.05) is 11.3 Å². The Morgan fingerprint density at radius 2 is 1.90 bits per heavy atom. The molecular weight excluding hydrogens is 539 g/mol. The molecule has 12 nitrogen and oxygen atoms in total. The lowest BCUT2D eigenvalue weighted by Crippen LogP contribution is -2.51. The number of aliphatic hydroxyl groups is 2. The molecule has 2 aliphatic rings. The first-order chi connectivity index (χ1) is 18.4.